The van der Waals surface area contributed by atoms with E-state index in [4.69, 9.17) is 0 Å². The van der Waals surface area contributed by atoms with Crippen LogP contribution in [0.2, 0.25) is 0 Å². The first kappa shape index (κ1) is 16.4. The summed E-state index contributed by atoms with van der Waals surface area (Å²) in [4.78, 5) is 11.5. The summed E-state index contributed by atoms with van der Waals surface area (Å²) < 4.78 is 28.5. The smallest absolute Gasteiger partial charge is 0.324 e. The Morgan fingerprint density at radius 3 is 2.26 bits per heavy atom. The predicted octanol–water partition coefficient (Wildman–Crippen LogP) is 1.24. The molecule has 0 aromatic carbocycles. The summed E-state index contributed by atoms with van der Waals surface area (Å²) in [5.74, 6) is -0.591. The summed E-state index contributed by atoms with van der Waals surface area (Å²) in [5, 5.41) is 9.39. The Labute approximate surface area is 115 Å². The molecule has 0 spiro atoms. The summed E-state index contributed by atoms with van der Waals surface area (Å²) in [5.41, 5.74) is -1.35. The van der Waals surface area contributed by atoms with Crippen LogP contribution in [-0.2, 0) is 15.0 Å². The Bertz CT molecular complexity index is 411. The maximum atomic E-state index is 11.9. The number of carboxylic acid groups (broad SMARTS) is 1. The quantitative estimate of drug-likeness (QED) is 0.686. The number of rotatable bonds is 6. The molecule has 0 aromatic rings. The van der Waals surface area contributed by atoms with Crippen LogP contribution < -0.4 is 9.44 Å². The maximum Gasteiger partial charge on any atom is 0.324 e. The highest BCUT2D eigenvalue weighted by atomic mass is 32.2. The van der Waals surface area contributed by atoms with Gasteiger partial charge in [-0.3, -0.25) is 4.79 Å². The largest absolute Gasteiger partial charge is 0.480 e. The van der Waals surface area contributed by atoms with Crippen molar-refractivity contribution in [3.63, 3.8) is 0 Å². The number of hydrogen-bond donors (Lipinski definition) is 3. The van der Waals surface area contributed by atoms with Crippen molar-refractivity contribution in [1.29, 1.82) is 0 Å². The van der Waals surface area contributed by atoms with E-state index >= 15 is 0 Å². The zero-order chi connectivity index (χ0) is 14.7. The molecule has 112 valence electrons. The number of carboxylic acids is 1. The second kappa shape index (κ2) is 6.19. The molecule has 0 radical (unpaired) electrons. The van der Waals surface area contributed by atoms with E-state index in [1.807, 2.05) is 0 Å². The first-order valence-corrected chi connectivity index (χ1v) is 8.23. The third kappa shape index (κ3) is 4.43. The van der Waals surface area contributed by atoms with Crippen molar-refractivity contribution in [2.45, 2.75) is 64.5 Å². The van der Waals surface area contributed by atoms with Gasteiger partial charge in [0.15, 0.2) is 0 Å². The monoisotopic (exact) mass is 292 g/mol. The Kier molecular flexibility index (Phi) is 5.34. The van der Waals surface area contributed by atoms with Crippen LogP contribution in [0.3, 0.4) is 0 Å². The van der Waals surface area contributed by atoms with Crippen molar-refractivity contribution in [3.05, 3.63) is 0 Å². The van der Waals surface area contributed by atoms with Crippen molar-refractivity contribution in [2.75, 3.05) is 0 Å². The lowest BCUT2D eigenvalue weighted by atomic mass is 9.76. The van der Waals surface area contributed by atoms with Crippen molar-refractivity contribution in [1.82, 2.24) is 9.44 Å². The highest BCUT2D eigenvalue weighted by Gasteiger charge is 2.44. The van der Waals surface area contributed by atoms with Gasteiger partial charge in [-0.2, -0.15) is 17.9 Å². The average Bonchev–Trinajstić information content (AvgIpc) is 2.27. The van der Waals surface area contributed by atoms with Crippen LogP contribution in [0.5, 0.6) is 0 Å². The van der Waals surface area contributed by atoms with Crippen LogP contribution in [-0.4, -0.2) is 31.1 Å². The normalized spacial score (nSPS) is 28.5. The topological polar surface area (TPSA) is 95.5 Å². The second-order valence-electron chi connectivity index (χ2n) is 5.62. The predicted molar refractivity (Wildman–Crippen MR) is 72.9 cm³/mol. The molecule has 1 aliphatic rings. The summed E-state index contributed by atoms with van der Waals surface area (Å²) in [6.45, 7) is 5.46. The number of nitrogens with one attached hydrogen (secondary N) is 2. The minimum atomic E-state index is -3.79. The zero-order valence-corrected chi connectivity index (χ0v) is 12.6. The van der Waals surface area contributed by atoms with Crippen LogP contribution in [0, 0.1) is 5.92 Å². The summed E-state index contributed by atoms with van der Waals surface area (Å²) in [6, 6.07) is -0.268. The summed E-state index contributed by atoms with van der Waals surface area (Å²) in [7, 11) is -3.79. The van der Waals surface area contributed by atoms with Crippen molar-refractivity contribution < 1.29 is 18.3 Å². The van der Waals surface area contributed by atoms with Gasteiger partial charge in [-0.1, -0.05) is 13.3 Å². The Balaban J connectivity index is 2.82. The van der Waals surface area contributed by atoms with Gasteiger partial charge in [-0.05, 0) is 45.4 Å². The zero-order valence-electron chi connectivity index (χ0n) is 11.8. The van der Waals surface area contributed by atoms with Crippen LogP contribution in [0.25, 0.3) is 0 Å². The highest BCUT2D eigenvalue weighted by molar-refractivity contribution is 7.87. The van der Waals surface area contributed by atoms with Crippen LogP contribution in [0.1, 0.15) is 52.9 Å². The molecule has 6 nitrogen and oxygen atoms in total. The number of aliphatic carboxylic acids is 1. The van der Waals surface area contributed by atoms with Crippen LogP contribution >= 0.6 is 0 Å². The molecule has 0 unspecified atom stereocenters. The van der Waals surface area contributed by atoms with E-state index in [2.05, 4.69) is 16.4 Å². The van der Waals surface area contributed by atoms with Gasteiger partial charge >= 0.3 is 5.97 Å². The molecule has 1 rings (SSSR count). The molecule has 7 heteroatoms. The maximum absolute atomic E-state index is 11.9. The van der Waals surface area contributed by atoms with E-state index in [1.54, 1.807) is 13.8 Å². The van der Waals surface area contributed by atoms with Crippen LogP contribution in [0.4, 0.5) is 0 Å². The third-order valence-corrected chi connectivity index (χ3v) is 5.11. The minimum Gasteiger partial charge on any atom is -0.480 e. The van der Waals surface area contributed by atoms with Gasteiger partial charge in [0.05, 0.1) is 0 Å². The SMILES string of the molecule is CCC1CCC(NS(=O)(=O)NC(C)C)(C(=O)O)CC1. The van der Waals surface area contributed by atoms with E-state index in [0.717, 1.165) is 19.3 Å². The molecule has 0 aromatic heterocycles. The number of hydrogen-bond acceptors (Lipinski definition) is 3. The lowest BCUT2D eigenvalue weighted by Gasteiger charge is -2.37. The number of carbonyl (C=O) groups is 1. The Hall–Kier alpha value is -0.660. The molecule has 0 atom stereocenters. The minimum absolute atomic E-state index is 0.268. The van der Waals surface area contributed by atoms with Gasteiger partial charge in [-0.25, -0.2) is 0 Å². The molecule has 1 saturated carbocycles. The third-order valence-electron chi connectivity index (χ3n) is 3.67. The lowest BCUT2D eigenvalue weighted by Crippen LogP contribution is -2.59. The first-order valence-electron chi connectivity index (χ1n) is 6.75. The van der Waals surface area contributed by atoms with E-state index in [9.17, 15) is 18.3 Å². The van der Waals surface area contributed by atoms with Gasteiger partial charge < -0.3 is 5.11 Å². The fourth-order valence-corrected chi connectivity index (χ4v) is 4.02. The van der Waals surface area contributed by atoms with Crippen LogP contribution in [0.15, 0.2) is 0 Å². The van der Waals surface area contributed by atoms with E-state index in [-0.39, 0.29) is 6.04 Å². The summed E-state index contributed by atoms with van der Waals surface area (Å²) >= 11 is 0. The van der Waals surface area contributed by atoms with Crippen molar-refractivity contribution >= 4 is 16.2 Å². The van der Waals surface area contributed by atoms with E-state index < -0.39 is 21.7 Å². The van der Waals surface area contributed by atoms with Gasteiger partial charge in [0.2, 0.25) is 0 Å². The Morgan fingerprint density at radius 1 is 1.37 bits per heavy atom. The molecule has 0 aliphatic heterocycles. The standard InChI is InChI=1S/C12H24N2O4S/c1-4-10-5-7-12(8-6-10,11(15)16)14-19(17,18)13-9(2)3/h9-10,13-14H,4-8H2,1-3H3,(H,15,16). The molecular weight excluding hydrogens is 268 g/mol. The summed E-state index contributed by atoms with van der Waals surface area (Å²) in [6.07, 6.45) is 3.19. The van der Waals surface area contributed by atoms with Crippen molar-refractivity contribution in [3.8, 4) is 0 Å². The molecule has 19 heavy (non-hydrogen) atoms. The molecule has 0 amide bonds. The molecule has 0 bridgehead atoms. The lowest BCUT2D eigenvalue weighted by molar-refractivity contribution is -0.145. The highest BCUT2D eigenvalue weighted by Crippen LogP contribution is 2.34. The molecule has 1 aliphatic carbocycles. The molecular formula is C12H24N2O4S. The second-order valence-corrected chi connectivity index (χ2v) is 7.06. The first-order chi connectivity index (χ1) is 8.71. The fourth-order valence-electron chi connectivity index (χ4n) is 2.54. The van der Waals surface area contributed by atoms with E-state index in [0.29, 0.717) is 18.8 Å². The Morgan fingerprint density at radius 2 is 1.89 bits per heavy atom. The fraction of sp³-hybridized carbons (Fsp3) is 0.917. The van der Waals surface area contributed by atoms with Gasteiger partial charge in [0.25, 0.3) is 10.2 Å². The van der Waals surface area contributed by atoms with Crippen molar-refractivity contribution in [2.24, 2.45) is 5.92 Å². The van der Waals surface area contributed by atoms with Gasteiger partial charge in [0, 0.05) is 6.04 Å². The molecule has 0 saturated heterocycles. The average molecular weight is 292 g/mol. The molecule has 0 heterocycles. The van der Waals surface area contributed by atoms with E-state index in [1.165, 1.54) is 0 Å². The van der Waals surface area contributed by atoms with Gasteiger partial charge in [0.1, 0.15) is 5.54 Å². The molecule has 1 fully saturated rings. The van der Waals surface area contributed by atoms with Gasteiger partial charge in [-0.15, -0.1) is 0 Å². The molecule has 3 N–H and O–H groups in total.